The monoisotopic (exact) mass is 595 g/mol. The molecule has 13 heteroatoms. The van der Waals surface area contributed by atoms with Gasteiger partial charge < -0.3 is 31.0 Å². The van der Waals surface area contributed by atoms with Gasteiger partial charge in [-0.15, -0.1) is 11.3 Å². The third-order valence-corrected chi connectivity index (χ3v) is 7.80. The van der Waals surface area contributed by atoms with Crippen LogP contribution in [0.2, 0.25) is 0 Å². The Morgan fingerprint density at radius 2 is 1.88 bits per heavy atom. The Morgan fingerprint density at radius 1 is 1.12 bits per heavy atom. The van der Waals surface area contributed by atoms with E-state index in [-0.39, 0.29) is 48.7 Å². The number of amides is 4. The maximum Gasteiger partial charge on any atom is 0.273 e. The number of hydrogen-bond acceptors (Lipinski definition) is 9. The zero-order chi connectivity index (χ0) is 30.2. The van der Waals surface area contributed by atoms with Crippen LogP contribution in [0.5, 0.6) is 0 Å². The van der Waals surface area contributed by atoms with E-state index in [0.29, 0.717) is 24.3 Å². The van der Waals surface area contributed by atoms with E-state index in [9.17, 15) is 19.2 Å². The quantitative estimate of drug-likeness (QED) is 0.336. The maximum atomic E-state index is 13.3. The second-order valence-corrected chi connectivity index (χ2v) is 11.4. The predicted molar refractivity (Wildman–Crippen MR) is 156 cm³/mol. The fraction of sp³-hybridized carbons (Fsp3) is 0.448. The predicted octanol–water partition coefficient (Wildman–Crippen LogP) is 2.36. The van der Waals surface area contributed by atoms with Gasteiger partial charge in [0.15, 0.2) is 5.69 Å². The molecule has 3 heterocycles. The number of benzene rings is 1. The normalized spacial score (nSPS) is 19.4. The Morgan fingerprint density at radius 3 is 2.60 bits per heavy atom. The Balaban J connectivity index is 1.67. The lowest BCUT2D eigenvalue weighted by Gasteiger charge is -2.27. The standard InChI is InChI=1S/C29H37N7O5S/c1-4-8-19(30)29(40)36-12-11-31-25(38)21-15-41-27(33-21)20(13-18-9-6-5-7-10-18)32-26(39)22-16-42-28(34-22)24(17(2)3)35-23(37)14-36/h5-7,9-10,15-17,19-20,24H,4,8,11-14,30H2,1-3H3,(H,31,38)(H,32,39)(H,35,37)/t19-,20-,24-/m0/s1. The van der Waals surface area contributed by atoms with Gasteiger partial charge in [-0.25, -0.2) is 9.97 Å². The van der Waals surface area contributed by atoms with Crippen LogP contribution in [0.3, 0.4) is 0 Å². The third-order valence-electron chi connectivity index (χ3n) is 6.87. The Bertz CT molecular complexity index is 1390. The largest absolute Gasteiger partial charge is 0.446 e. The molecule has 12 nitrogen and oxygen atoms in total. The van der Waals surface area contributed by atoms with Crippen LogP contribution in [0.15, 0.2) is 46.4 Å². The number of hydrogen-bond donors (Lipinski definition) is 4. The molecule has 0 fully saturated rings. The van der Waals surface area contributed by atoms with Crippen molar-refractivity contribution in [3.8, 4) is 0 Å². The van der Waals surface area contributed by atoms with Gasteiger partial charge in [-0.1, -0.05) is 57.5 Å². The van der Waals surface area contributed by atoms with Crippen LogP contribution in [0, 0.1) is 5.92 Å². The van der Waals surface area contributed by atoms with Crippen LogP contribution in [-0.4, -0.2) is 64.2 Å². The number of nitrogens with zero attached hydrogens (tertiary/aromatic N) is 3. The van der Waals surface area contributed by atoms with Gasteiger partial charge in [0.1, 0.15) is 23.0 Å². The molecule has 4 rings (SSSR count). The van der Waals surface area contributed by atoms with Crippen LogP contribution in [0.1, 0.15) is 83.1 Å². The van der Waals surface area contributed by atoms with E-state index in [1.807, 2.05) is 51.1 Å². The molecule has 3 atom stereocenters. The number of aromatic nitrogens is 2. The van der Waals surface area contributed by atoms with Crippen LogP contribution in [0.4, 0.5) is 0 Å². The van der Waals surface area contributed by atoms with E-state index in [2.05, 4.69) is 25.9 Å². The molecule has 1 aromatic carbocycles. The summed E-state index contributed by atoms with van der Waals surface area (Å²) in [7, 11) is 0. The van der Waals surface area contributed by atoms with Gasteiger partial charge in [-0.2, -0.15) is 0 Å². The van der Waals surface area contributed by atoms with Gasteiger partial charge in [-0.05, 0) is 17.9 Å². The van der Waals surface area contributed by atoms with Gasteiger partial charge >= 0.3 is 0 Å². The molecule has 42 heavy (non-hydrogen) atoms. The van der Waals surface area contributed by atoms with Gasteiger partial charge in [0.2, 0.25) is 17.7 Å². The lowest BCUT2D eigenvalue weighted by Crippen LogP contribution is -2.50. The van der Waals surface area contributed by atoms with Crippen molar-refractivity contribution in [2.75, 3.05) is 19.6 Å². The fourth-order valence-electron chi connectivity index (χ4n) is 4.61. The zero-order valence-corrected chi connectivity index (χ0v) is 24.8. The Labute approximate surface area is 248 Å². The van der Waals surface area contributed by atoms with Crippen LogP contribution >= 0.6 is 11.3 Å². The van der Waals surface area contributed by atoms with E-state index in [0.717, 1.165) is 5.56 Å². The molecule has 3 aromatic rings. The van der Waals surface area contributed by atoms with E-state index in [1.165, 1.54) is 22.5 Å². The summed E-state index contributed by atoms with van der Waals surface area (Å²) in [6, 6.07) is 7.59. The minimum atomic E-state index is -0.767. The highest BCUT2D eigenvalue weighted by molar-refractivity contribution is 7.09. The molecule has 0 saturated heterocycles. The van der Waals surface area contributed by atoms with E-state index < -0.39 is 35.8 Å². The molecule has 1 aliphatic heterocycles. The minimum Gasteiger partial charge on any atom is -0.446 e. The summed E-state index contributed by atoms with van der Waals surface area (Å²) in [6.45, 7) is 5.68. The second kappa shape index (κ2) is 14.2. The van der Waals surface area contributed by atoms with Gasteiger partial charge in [0.05, 0.1) is 18.6 Å². The molecule has 4 bridgehead atoms. The highest BCUT2D eigenvalue weighted by Gasteiger charge is 2.29. The van der Waals surface area contributed by atoms with Crippen LogP contribution in [-0.2, 0) is 16.0 Å². The molecule has 5 N–H and O–H groups in total. The van der Waals surface area contributed by atoms with Crippen molar-refractivity contribution in [2.45, 2.75) is 58.2 Å². The first kappa shape index (κ1) is 30.8. The molecule has 4 amide bonds. The summed E-state index contributed by atoms with van der Waals surface area (Å²) in [5.41, 5.74) is 7.23. The third kappa shape index (κ3) is 7.79. The lowest BCUT2D eigenvalue weighted by molar-refractivity contribution is -0.137. The van der Waals surface area contributed by atoms with Crippen molar-refractivity contribution in [3.63, 3.8) is 0 Å². The van der Waals surface area contributed by atoms with Gasteiger partial charge in [0.25, 0.3) is 11.8 Å². The highest BCUT2D eigenvalue weighted by atomic mass is 32.1. The Hall–Kier alpha value is -4.10. The van der Waals surface area contributed by atoms with Crippen LogP contribution in [0.25, 0.3) is 0 Å². The van der Waals surface area contributed by atoms with Crippen molar-refractivity contribution in [1.29, 1.82) is 0 Å². The van der Waals surface area contributed by atoms with E-state index in [1.54, 1.807) is 5.38 Å². The van der Waals surface area contributed by atoms with Crippen molar-refractivity contribution >= 4 is 35.0 Å². The number of thiazole rings is 1. The molecule has 2 aromatic heterocycles. The highest BCUT2D eigenvalue weighted by Crippen LogP contribution is 2.26. The maximum absolute atomic E-state index is 13.3. The molecule has 0 aliphatic carbocycles. The SMILES string of the molecule is CCC[C@H](N)C(=O)N1CCNC(=O)c2coc(n2)[C@H](Cc2ccccc2)NC(=O)c2csc(n2)[C@H](C(C)C)NC(=O)C1. The first-order chi connectivity index (χ1) is 20.2. The number of rotatable bonds is 6. The number of oxazole rings is 1. The summed E-state index contributed by atoms with van der Waals surface area (Å²) in [5.74, 6) is -1.62. The second-order valence-electron chi connectivity index (χ2n) is 10.6. The first-order valence-electron chi connectivity index (χ1n) is 14.0. The summed E-state index contributed by atoms with van der Waals surface area (Å²) < 4.78 is 5.66. The molecule has 0 saturated carbocycles. The smallest absolute Gasteiger partial charge is 0.273 e. The van der Waals surface area contributed by atoms with Gasteiger partial charge in [0, 0.05) is 24.9 Å². The zero-order valence-electron chi connectivity index (χ0n) is 24.0. The average Bonchev–Trinajstić information content (AvgIpc) is 3.66. The summed E-state index contributed by atoms with van der Waals surface area (Å²) >= 11 is 1.26. The van der Waals surface area contributed by atoms with Crippen molar-refractivity contribution in [1.82, 2.24) is 30.8 Å². The number of fused-ring (bicyclic) bond motifs is 4. The number of nitrogens with one attached hydrogen (secondary N) is 3. The van der Waals surface area contributed by atoms with Gasteiger partial charge in [-0.3, -0.25) is 19.2 Å². The molecule has 0 spiro atoms. The molecular formula is C29H37N7O5S. The van der Waals surface area contributed by atoms with Crippen molar-refractivity contribution in [2.24, 2.45) is 11.7 Å². The molecule has 1 aliphatic rings. The Kier molecular flexibility index (Phi) is 10.4. The fourth-order valence-corrected chi connectivity index (χ4v) is 5.63. The lowest BCUT2D eigenvalue weighted by atomic mass is 10.0. The van der Waals surface area contributed by atoms with Crippen molar-refractivity contribution in [3.05, 3.63) is 69.8 Å². The van der Waals surface area contributed by atoms with Crippen molar-refractivity contribution < 1.29 is 23.6 Å². The van der Waals surface area contributed by atoms with E-state index >= 15 is 0 Å². The molecule has 224 valence electrons. The molecule has 0 unspecified atom stereocenters. The summed E-state index contributed by atoms with van der Waals surface area (Å²) in [6.07, 6.45) is 2.77. The summed E-state index contributed by atoms with van der Waals surface area (Å²) in [4.78, 5) is 62.8. The minimum absolute atomic E-state index is 0.0208. The number of carbonyl (C=O) groups is 4. The average molecular weight is 596 g/mol. The summed E-state index contributed by atoms with van der Waals surface area (Å²) in [5, 5.41) is 10.8. The topological polar surface area (TPSA) is 173 Å². The number of carbonyl (C=O) groups excluding carboxylic acids is 4. The van der Waals surface area contributed by atoms with Crippen LogP contribution < -0.4 is 21.7 Å². The van der Waals surface area contributed by atoms with E-state index in [4.69, 9.17) is 10.2 Å². The number of nitrogens with two attached hydrogens (primary N) is 1. The molecular weight excluding hydrogens is 558 g/mol. The first-order valence-corrected chi connectivity index (χ1v) is 14.9. The molecule has 0 radical (unpaired) electrons.